The van der Waals surface area contributed by atoms with Crippen molar-refractivity contribution in [3.63, 3.8) is 0 Å². The lowest BCUT2D eigenvalue weighted by atomic mass is 10.3. The van der Waals surface area contributed by atoms with Crippen LogP contribution < -0.4 is 9.82 Å². The van der Waals surface area contributed by atoms with Gasteiger partial charge in [-0.1, -0.05) is 0 Å². The molecule has 0 heterocycles. The lowest BCUT2D eigenvalue weighted by Crippen LogP contribution is -1.87. The summed E-state index contributed by atoms with van der Waals surface area (Å²) in [4.78, 5) is -2.42. The molecule has 0 spiro atoms. The molecule has 1 aromatic rings. The zero-order valence-electron chi connectivity index (χ0n) is 6.83. The van der Waals surface area contributed by atoms with Gasteiger partial charge in [-0.3, -0.25) is 0 Å². The second-order valence-corrected chi connectivity index (χ2v) is 9.86. The van der Waals surface area contributed by atoms with Crippen LogP contribution in [0.15, 0.2) is 24.3 Å². The van der Waals surface area contributed by atoms with Gasteiger partial charge in [0.25, 0.3) is 0 Å². The highest BCUT2D eigenvalue weighted by molar-refractivity contribution is 8.39. The SMILES string of the molecule is COc1ccc(NP(=S)(Cl)Cl)cc1. The van der Waals surface area contributed by atoms with Crippen molar-refractivity contribution in [1.82, 2.24) is 0 Å². The first-order chi connectivity index (χ1) is 6.01. The van der Waals surface area contributed by atoms with Gasteiger partial charge in [-0.2, -0.15) is 0 Å². The molecule has 0 aromatic heterocycles. The maximum Gasteiger partial charge on any atom is 0.204 e. The van der Waals surface area contributed by atoms with Crippen molar-refractivity contribution in [2.45, 2.75) is 0 Å². The van der Waals surface area contributed by atoms with Crippen molar-refractivity contribution in [3.05, 3.63) is 24.3 Å². The summed E-state index contributed by atoms with van der Waals surface area (Å²) in [5.74, 6) is 0.781. The number of methoxy groups -OCH3 is 1. The number of ether oxygens (including phenoxy) is 1. The van der Waals surface area contributed by atoms with Crippen LogP contribution >= 0.6 is 27.4 Å². The van der Waals surface area contributed by atoms with E-state index >= 15 is 0 Å². The number of benzene rings is 1. The summed E-state index contributed by atoms with van der Waals surface area (Å²) in [6.45, 7) is 0. The van der Waals surface area contributed by atoms with Gasteiger partial charge in [-0.15, -0.1) is 0 Å². The van der Waals surface area contributed by atoms with E-state index in [1.165, 1.54) is 0 Å². The molecule has 0 fully saturated rings. The molecule has 1 aromatic carbocycles. The first kappa shape index (κ1) is 11.1. The highest BCUT2D eigenvalue weighted by Gasteiger charge is 2.06. The topological polar surface area (TPSA) is 21.3 Å². The van der Waals surface area contributed by atoms with Crippen molar-refractivity contribution >= 4 is 44.9 Å². The van der Waals surface area contributed by atoms with Gasteiger partial charge in [0, 0.05) is 5.69 Å². The molecule has 0 radical (unpaired) electrons. The minimum Gasteiger partial charge on any atom is -0.497 e. The standard InChI is InChI=1S/C7H8Cl2NOPS/c1-11-7-4-2-6(3-5-7)10-12(8,9)13/h2-5H,1H3,(H,10,13). The summed E-state index contributed by atoms with van der Waals surface area (Å²) in [7, 11) is 1.61. The predicted molar refractivity (Wildman–Crippen MR) is 62.6 cm³/mol. The van der Waals surface area contributed by atoms with E-state index in [0.717, 1.165) is 11.4 Å². The molecule has 1 rings (SSSR count). The number of nitrogens with one attached hydrogen (secondary N) is 1. The van der Waals surface area contributed by atoms with Crippen molar-refractivity contribution in [2.75, 3.05) is 12.2 Å². The maximum absolute atomic E-state index is 5.69. The summed E-state index contributed by atoms with van der Waals surface area (Å²) in [5, 5.41) is 2.83. The molecule has 0 atom stereocenters. The Hall–Kier alpha value is 0.0500. The number of hydrogen-bond acceptors (Lipinski definition) is 2. The van der Waals surface area contributed by atoms with Crippen molar-refractivity contribution < 1.29 is 4.74 Å². The second-order valence-electron chi connectivity index (χ2n) is 2.30. The Bertz CT molecular complexity index is 324. The minimum absolute atomic E-state index is 0.781. The summed E-state index contributed by atoms with van der Waals surface area (Å²) in [5.41, 5.74) is 0.800. The molecule has 13 heavy (non-hydrogen) atoms. The quantitative estimate of drug-likeness (QED) is 0.831. The molecule has 0 saturated carbocycles. The highest BCUT2D eigenvalue weighted by atomic mass is 35.9. The third-order valence-corrected chi connectivity index (χ3v) is 2.65. The van der Waals surface area contributed by atoms with Gasteiger partial charge in [-0.05, 0) is 58.6 Å². The van der Waals surface area contributed by atoms with E-state index in [0.29, 0.717) is 0 Å². The van der Waals surface area contributed by atoms with Gasteiger partial charge in [0.15, 0.2) is 0 Å². The smallest absolute Gasteiger partial charge is 0.204 e. The third kappa shape index (κ3) is 4.19. The van der Waals surface area contributed by atoms with E-state index < -0.39 is 4.89 Å². The predicted octanol–water partition coefficient (Wildman–Crippen LogP) is 3.81. The monoisotopic (exact) mass is 255 g/mol. The van der Waals surface area contributed by atoms with Crippen LogP contribution in [-0.2, 0) is 11.8 Å². The van der Waals surface area contributed by atoms with Gasteiger partial charge in [0.1, 0.15) is 5.75 Å². The normalized spacial score (nSPS) is 11.0. The van der Waals surface area contributed by atoms with Crippen LogP contribution in [0.2, 0.25) is 0 Å². The zero-order chi connectivity index (χ0) is 9.90. The summed E-state index contributed by atoms with van der Waals surface area (Å²) >= 11 is 16.2. The van der Waals surface area contributed by atoms with Crippen LogP contribution in [0.25, 0.3) is 0 Å². The van der Waals surface area contributed by atoms with E-state index in [9.17, 15) is 0 Å². The van der Waals surface area contributed by atoms with Crippen LogP contribution in [0, 0.1) is 0 Å². The molecule has 0 aliphatic rings. The Labute approximate surface area is 91.8 Å². The van der Waals surface area contributed by atoms with E-state index in [2.05, 4.69) is 5.09 Å². The van der Waals surface area contributed by atoms with Gasteiger partial charge < -0.3 is 9.82 Å². The van der Waals surface area contributed by atoms with Crippen molar-refractivity contribution in [2.24, 2.45) is 0 Å². The van der Waals surface area contributed by atoms with E-state index in [-0.39, 0.29) is 0 Å². The molecule has 0 bridgehead atoms. The van der Waals surface area contributed by atoms with Crippen LogP contribution in [-0.4, -0.2) is 7.11 Å². The number of hydrogen-bond donors (Lipinski definition) is 1. The van der Waals surface area contributed by atoms with Crippen LogP contribution in [0.3, 0.4) is 0 Å². The average molecular weight is 256 g/mol. The molecule has 0 aliphatic heterocycles. The van der Waals surface area contributed by atoms with Crippen LogP contribution in [0.1, 0.15) is 0 Å². The number of anilines is 1. The van der Waals surface area contributed by atoms with Crippen LogP contribution in [0.5, 0.6) is 5.75 Å². The van der Waals surface area contributed by atoms with E-state index in [1.807, 2.05) is 12.1 Å². The Morgan fingerprint density at radius 1 is 1.31 bits per heavy atom. The molecular formula is C7H8Cl2NOPS. The van der Waals surface area contributed by atoms with Gasteiger partial charge in [-0.25, -0.2) is 0 Å². The van der Waals surface area contributed by atoms with E-state index in [1.54, 1.807) is 19.2 Å². The molecule has 0 amide bonds. The fourth-order valence-electron chi connectivity index (χ4n) is 0.816. The van der Waals surface area contributed by atoms with Gasteiger partial charge in [0.05, 0.1) is 7.11 Å². The highest BCUT2D eigenvalue weighted by Crippen LogP contribution is 2.56. The van der Waals surface area contributed by atoms with Gasteiger partial charge in [0.2, 0.25) is 4.89 Å². The molecule has 0 aliphatic carbocycles. The number of rotatable bonds is 3. The second kappa shape index (κ2) is 4.52. The van der Waals surface area contributed by atoms with Crippen molar-refractivity contribution in [1.29, 1.82) is 0 Å². The fraction of sp³-hybridized carbons (Fsp3) is 0.143. The molecule has 0 saturated heterocycles. The molecular weight excluding hydrogens is 248 g/mol. The molecule has 0 unspecified atom stereocenters. The summed E-state index contributed by atoms with van der Waals surface area (Å²) in [6, 6.07) is 7.23. The number of halogens is 2. The minimum atomic E-state index is -2.42. The first-order valence-electron chi connectivity index (χ1n) is 3.43. The fourth-order valence-corrected chi connectivity index (χ4v) is 2.17. The third-order valence-electron chi connectivity index (χ3n) is 1.35. The molecule has 6 heteroatoms. The molecule has 1 N–H and O–H groups in total. The first-order valence-corrected chi connectivity index (χ1v) is 8.04. The van der Waals surface area contributed by atoms with Crippen molar-refractivity contribution in [3.8, 4) is 5.75 Å². The molecule has 72 valence electrons. The zero-order valence-corrected chi connectivity index (χ0v) is 10.1. The Morgan fingerprint density at radius 2 is 1.85 bits per heavy atom. The summed E-state index contributed by atoms with van der Waals surface area (Å²) in [6.07, 6.45) is 0. The van der Waals surface area contributed by atoms with Crippen LogP contribution in [0.4, 0.5) is 5.69 Å². The molecule has 2 nitrogen and oxygen atoms in total. The van der Waals surface area contributed by atoms with Gasteiger partial charge >= 0.3 is 0 Å². The van der Waals surface area contributed by atoms with E-state index in [4.69, 9.17) is 39.0 Å². The Kier molecular flexibility index (Phi) is 3.87. The summed E-state index contributed by atoms with van der Waals surface area (Å²) < 4.78 is 4.99. The Balaban J connectivity index is 2.76. The lowest BCUT2D eigenvalue weighted by Gasteiger charge is -2.09. The Morgan fingerprint density at radius 3 is 2.23 bits per heavy atom. The lowest BCUT2D eigenvalue weighted by molar-refractivity contribution is 0.415. The maximum atomic E-state index is 5.69. The largest absolute Gasteiger partial charge is 0.497 e. The average Bonchev–Trinajstić information content (AvgIpc) is 2.03.